The predicted octanol–water partition coefficient (Wildman–Crippen LogP) is 4.05. The Morgan fingerprint density at radius 3 is 2.52 bits per heavy atom. The van der Waals surface area contributed by atoms with Crippen LogP contribution in [0.15, 0.2) is 59.1 Å². The van der Waals surface area contributed by atoms with Crippen LogP contribution in [-0.2, 0) is 4.74 Å². The monoisotopic (exact) mass is 339 g/mol. The molecule has 3 rings (SSSR count). The molecule has 0 saturated heterocycles. The Morgan fingerprint density at radius 1 is 1.12 bits per heavy atom. The van der Waals surface area contributed by atoms with Gasteiger partial charge in [0, 0.05) is 11.3 Å². The van der Waals surface area contributed by atoms with Gasteiger partial charge in [-0.15, -0.1) is 0 Å². The number of carbonyl (C=O) groups is 1. The number of benzene rings is 2. The van der Waals surface area contributed by atoms with Gasteiger partial charge in [0.25, 0.3) is 5.89 Å². The van der Waals surface area contributed by atoms with Crippen molar-refractivity contribution in [3.05, 3.63) is 60.4 Å². The van der Waals surface area contributed by atoms with E-state index in [-0.39, 0.29) is 6.10 Å². The normalized spacial score (nSPS) is 11.6. The summed E-state index contributed by atoms with van der Waals surface area (Å²) >= 11 is 0. The van der Waals surface area contributed by atoms with Gasteiger partial charge in [0.2, 0.25) is 5.82 Å². The van der Waals surface area contributed by atoms with Crippen molar-refractivity contribution < 1.29 is 18.8 Å². The molecule has 1 heterocycles. The minimum absolute atomic E-state index is 0.388. The quantitative estimate of drug-likeness (QED) is 0.754. The minimum Gasteiger partial charge on any atom is -0.483 e. The van der Waals surface area contributed by atoms with Crippen molar-refractivity contribution in [1.82, 2.24) is 10.1 Å². The molecule has 0 unspecified atom stereocenters. The molecule has 0 spiro atoms. The van der Waals surface area contributed by atoms with Gasteiger partial charge in [0.1, 0.15) is 5.75 Å². The van der Waals surface area contributed by atoms with E-state index in [9.17, 15) is 4.79 Å². The number of amides is 1. The Morgan fingerprint density at radius 2 is 1.84 bits per heavy atom. The average Bonchev–Trinajstić information content (AvgIpc) is 3.14. The molecule has 25 heavy (non-hydrogen) atoms. The molecular formula is C18H17N3O4. The fraction of sp³-hybridized carbons (Fsp3) is 0.167. The highest BCUT2D eigenvalue weighted by atomic mass is 16.5. The summed E-state index contributed by atoms with van der Waals surface area (Å²) in [5, 5.41) is 6.54. The maximum Gasteiger partial charge on any atom is 0.411 e. The van der Waals surface area contributed by atoms with Gasteiger partial charge < -0.3 is 14.0 Å². The molecule has 0 saturated carbocycles. The number of anilines is 1. The summed E-state index contributed by atoms with van der Waals surface area (Å²) in [6, 6.07) is 16.4. The zero-order valence-corrected chi connectivity index (χ0v) is 13.8. The molecule has 2 aromatic carbocycles. The van der Waals surface area contributed by atoms with Crippen LogP contribution in [0.5, 0.6) is 5.75 Å². The van der Waals surface area contributed by atoms with E-state index in [2.05, 4.69) is 20.2 Å². The molecule has 7 heteroatoms. The first-order valence-corrected chi connectivity index (χ1v) is 7.66. The molecule has 0 aliphatic rings. The number of ether oxygens (including phenoxy) is 2. The maximum atomic E-state index is 11.2. The van der Waals surface area contributed by atoms with Gasteiger partial charge in [-0.1, -0.05) is 23.4 Å². The molecule has 1 aromatic heterocycles. The summed E-state index contributed by atoms with van der Waals surface area (Å²) in [7, 11) is 1.31. The first kappa shape index (κ1) is 16.5. The van der Waals surface area contributed by atoms with E-state index < -0.39 is 6.09 Å². The highest BCUT2D eigenvalue weighted by Crippen LogP contribution is 2.24. The number of carbonyl (C=O) groups excluding carboxylic acids is 1. The van der Waals surface area contributed by atoms with Gasteiger partial charge in [-0.3, -0.25) is 5.32 Å². The fourth-order valence-corrected chi connectivity index (χ4v) is 2.14. The number of rotatable bonds is 5. The third-order valence-corrected chi connectivity index (χ3v) is 3.43. The van der Waals surface area contributed by atoms with Crippen molar-refractivity contribution in [3.63, 3.8) is 0 Å². The van der Waals surface area contributed by atoms with Gasteiger partial charge in [-0.25, -0.2) is 4.79 Å². The third-order valence-electron chi connectivity index (χ3n) is 3.43. The first-order chi connectivity index (χ1) is 12.2. The van der Waals surface area contributed by atoms with Crippen LogP contribution < -0.4 is 10.1 Å². The molecule has 0 aliphatic carbocycles. The SMILES string of the molecule is COC(=O)Nc1ccc(O[C@@H](C)c2noc(-c3ccccc3)n2)cc1. The van der Waals surface area contributed by atoms with E-state index in [4.69, 9.17) is 9.26 Å². The second-order valence-corrected chi connectivity index (χ2v) is 5.22. The van der Waals surface area contributed by atoms with E-state index in [1.54, 1.807) is 24.3 Å². The van der Waals surface area contributed by atoms with Gasteiger partial charge >= 0.3 is 6.09 Å². The number of hydrogen-bond acceptors (Lipinski definition) is 6. The van der Waals surface area contributed by atoms with Gasteiger partial charge in [-0.05, 0) is 43.3 Å². The Kier molecular flexibility index (Phi) is 4.94. The van der Waals surface area contributed by atoms with E-state index in [0.717, 1.165) is 5.56 Å². The predicted molar refractivity (Wildman–Crippen MR) is 91.2 cm³/mol. The Hall–Kier alpha value is -3.35. The van der Waals surface area contributed by atoms with Crippen LogP contribution in [0, 0.1) is 0 Å². The summed E-state index contributed by atoms with van der Waals surface area (Å²) in [5.74, 6) is 1.52. The number of nitrogens with zero attached hydrogens (tertiary/aromatic N) is 2. The highest BCUT2D eigenvalue weighted by molar-refractivity contribution is 5.84. The molecule has 0 bridgehead atoms. The molecule has 0 aliphatic heterocycles. The smallest absolute Gasteiger partial charge is 0.411 e. The summed E-state index contributed by atoms with van der Waals surface area (Å²) < 4.78 is 15.6. The number of methoxy groups -OCH3 is 1. The molecule has 128 valence electrons. The van der Waals surface area contributed by atoms with Gasteiger partial charge in [0.15, 0.2) is 6.10 Å². The number of aromatic nitrogens is 2. The molecular weight excluding hydrogens is 322 g/mol. The van der Waals surface area contributed by atoms with Crippen molar-refractivity contribution in [3.8, 4) is 17.2 Å². The molecule has 0 fully saturated rings. The summed E-state index contributed by atoms with van der Waals surface area (Å²) in [4.78, 5) is 15.5. The van der Waals surface area contributed by atoms with Crippen molar-refractivity contribution in [2.24, 2.45) is 0 Å². The second-order valence-electron chi connectivity index (χ2n) is 5.22. The zero-order valence-electron chi connectivity index (χ0n) is 13.8. The third kappa shape index (κ3) is 4.14. The van der Waals surface area contributed by atoms with Crippen LogP contribution >= 0.6 is 0 Å². The Bertz CT molecular complexity index is 831. The molecule has 1 atom stereocenters. The Labute approximate surface area is 144 Å². The standard InChI is InChI=1S/C18H17N3O4/c1-12(16-20-17(25-21-16)13-6-4-3-5-7-13)24-15-10-8-14(9-11-15)19-18(22)23-2/h3-12H,1-2H3,(H,19,22)/t12-/m0/s1. The fourth-order valence-electron chi connectivity index (χ4n) is 2.14. The number of hydrogen-bond donors (Lipinski definition) is 1. The summed E-state index contributed by atoms with van der Waals surface area (Å²) in [6.07, 6.45) is -0.914. The lowest BCUT2D eigenvalue weighted by Gasteiger charge is -2.11. The lowest BCUT2D eigenvalue weighted by atomic mass is 10.2. The Balaban J connectivity index is 1.65. The van der Waals surface area contributed by atoms with Crippen molar-refractivity contribution in [2.45, 2.75) is 13.0 Å². The van der Waals surface area contributed by atoms with Gasteiger partial charge in [0.05, 0.1) is 7.11 Å². The van der Waals surface area contributed by atoms with E-state index >= 15 is 0 Å². The first-order valence-electron chi connectivity index (χ1n) is 7.66. The average molecular weight is 339 g/mol. The second kappa shape index (κ2) is 7.48. The van der Waals surface area contributed by atoms with Crippen molar-refractivity contribution >= 4 is 11.8 Å². The molecule has 0 radical (unpaired) electrons. The summed E-state index contributed by atoms with van der Waals surface area (Å²) in [6.45, 7) is 1.83. The van der Waals surface area contributed by atoms with Crippen LogP contribution in [0.4, 0.5) is 10.5 Å². The molecule has 1 amide bonds. The lowest BCUT2D eigenvalue weighted by molar-refractivity contribution is 0.187. The highest BCUT2D eigenvalue weighted by Gasteiger charge is 2.16. The van der Waals surface area contributed by atoms with E-state index in [1.807, 2.05) is 37.3 Å². The van der Waals surface area contributed by atoms with E-state index in [1.165, 1.54) is 7.11 Å². The van der Waals surface area contributed by atoms with Crippen LogP contribution in [0.3, 0.4) is 0 Å². The topological polar surface area (TPSA) is 86.5 Å². The van der Waals surface area contributed by atoms with Crippen LogP contribution in [-0.4, -0.2) is 23.3 Å². The summed E-state index contributed by atoms with van der Waals surface area (Å²) in [5.41, 5.74) is 1.46. The van der Waals surface area contributed by atoms with Crippen LogP contribution in [0.2, 0.25) is 0 Å². The van der Waals surface area contributed by atoms with E-state index in [0.29, 0.717) is 23.2 Å². The molecule has 1 N–H and O–H groups in total. The number of nitrogens with one attached hydrogen (secondary N) is 1. The van der Waals surface area contributed by atoms with Crippen LogP contribution in [0.25, 0.3) is 11.5 Å². The zero-order chi connectivity index (χ0) is 17.6. The largest absolute Gasteiger partial charge is 0.483 e. The van der Waals surface area contributed by atoms with Gasteiger partial charge in [-0.2, -0.15) is 4.98 Å². The van der Waals surface area contributed by atoms with Crippen molar-refractivity contribution in [2.75, 3.05) is 12.4 Å². The molecule has 7 nitrogen and oxygen atoms in total. The molecule has 3 aromatic rings. The lowest BCUT2D eigenvalue weighted by Crippen LogP contribution is -2.10. The van der Waals surface area contributed by atoms with Crippen LogP contribution in [0.1, 0.15) is 18.9 Å². The maximum absolute atomic E-state index is 11.2. The van der Waals surface area contributed by atoms with Crippen molar-refractivity contribution in [1.29, 1.82) is 0 Å². The minimum atomic E-state index is -0.526.